The maximum Gasteiger partial charge on any atom is 0.228 e. The number of hydrogen-bond donors (Lipinski definition) is 0. The van der Waals surface area contributed by atoms with Crippen molar-refractivity contribution in [3.63, 3.8) is 0 Å². The minimum Gasteiger partial charge on any atom is -0.441 e. The summed E-state index contributed by atoms with van der Waals surface area (Å²) in [7, 11) is 0. The molecule has 0 aliphatic rings. The zero-order chi connectivity index (χ0) is 19.9. The summed E-state index contributed by atoms with van der Waals surface area (Å²) in [6, 6.07) is 16.0. The van der Waals surface area contributed by atoms with Crippen molar-refractivity contribution >= 4 is 29.1 Å². The predicted octanol–water partition coefficient (Wildman–Crippen LogP) is 6.44. The second-order valence-corrected chi connectivity index (χ2v) is 8.27. The fraction of sp³-hybridized carbons (Fsp3) is 0.304. The van der Waals surface area contributed by atoms with E-state index in [9.17, 15) is 4.79 Å². The second kappa shape index (κ2) is 9.94. The predicted molar refractivity (Wildman–Crippen MR) is 117 cm³/mol. The number of benzene rings is 2. The monoisotopic (exact) mass is 413 g/mol. The Bertz CT molecular complexity index is 934. The van der Waals surface area contributed by atoms with Crippen LogP contribution in [-0.2, 0) is 17.0 Å². The number of aromatic nitrogens is 1. The van der Waals surface area contributed by atoms with Gasteiger partial charge in [0.05, 0.1) is 22.0 Å². The summed E-state index contributed by atoms with van der Waals surface area (Å²) in [5.41, 5.74) is 4.21. The molecule has 0 amide bonds. The van der Waals surface area contributed by atoms with Crippen LogP contribution in [0, 0.1) is 13.8 Å². The van der Waals surface area contributed by atoms with Crippen LogP contribution in [0.1, 0.15) is 35.4 Å². The standard InChI is InChI=1S/C23H24ClNO2S/c1-16-10-12-18(13-11-16)6-5-7-19(26)14-28-15-22-17(2)27-23(25-22)20-8-3-4-9-21(20)24/h3-4,8-13H,5-7,14-15H2,1-2H3. The molecule has 3 aromatic rings. The molecule has 0 atom stereocenters. The third-order valence-electron chi connectivity index (χ3n) is 4.54. The van der Waals surface area contributed by atoms with Gasteiger partial charge in [-0.15, -0.1) is 11.8 Å². The molecule has 0 aliphatic heterocycles. The van der Waals surface area contributed by atoms with Crippen molar-refractivity contribution in [3.8, 4) is 11.5 Å². The Balaban J connectivity index is 1.44. The molecule has 28 heavy (non-hydrogen) atoms. The Labute approximate surface area is 175 Å². The van der Waals surface area contributed by atoms with E-state index in [1.54, 1.807) is 11.8 Å². The molecule has 0 spiro atoms. The van der Waals surface area contributed by atoms with Gasteiger partial charge >= 0.3 is 0 Å². The summed E-state index contributed by atoms with van der Waals surface area (Å²) in [6.07, 6.45) is 2.45. The number of rotatable bonds is 9. The summed E-state index contributed by atoms with van der Waals surface area (Å²) < 4.78 is 5.77. The average molecular weight is 414 g/mol. The lowest BCUT2D eigenvalue weighted by Crippen LogP contribution is -2.02. The van der Waals surface area contributed by atoms with Crippen molar-refractivity contribution in [2.24, 2.45) is 0 Å². The maximum atomic E-state index is 12.2. The van der Waals surface area contributed by atoms with Crippen molar-refractivity contribution in [3.05, 3.63) is 76.1 Å². The topological polar surface area (TPSA) is 43.1 Å². The summed E-state index contributed by atoms with van der Waals surface area (Å²) in [6.45, 7) is 3.98. The van der Waals surface area contributed by atoms with Crippen LogP contribution in [0.5, 0.6) is 0 Å². The molecule has 0 fully saturated rings. The van der Waals surface area contributed by atoms with E-state index in [1.807, 2.05) is 31.2 Å². The maximum absolute atomic E-state index is 12.2. The summed E-state index contributed by atoms with van der Waals surface area (Å²) in [5, 5.41) is 0.617. The van der Waals surface area contributed by atoms with Crippen molar-refractivity contribution < 1.29 is 9.21 Å². The Kier molecular flexibility index (Phi) is 7.35. The molecule has 3 rings (SSSR count). The highest BCUT2D eigenvalue weighted by atomic mass is 35.5. The van der Waals surface area contributed by atoms with Gasteiger partial charge in [0.25, 0.3) is 0 Å². The van der Waals surface area contributed by atoms with Crippen LogP contribution in [-0.4, -0.2) is 16.5 Å². The normalized spacial score (nSPS) is 11.0. The molecule has 0 bridgehead atoms. The van der Waals surface area contributed by atoms with Gasteiger partial charge in [0, 0.05) is 12.2 Å². The number of carbonyl (C=O) groups excluding carboxylic acids is 1. The van der Waals surface area contributed by atoms with E-state index in [0.29, 0.717) is 28.8 Å². The molecule has 1 aromatic heterocycles. The first-order chi connectivity index (χ1) is 13.5. The zero-order valence-corrected chi connectivity index (χ0v) is 17.8. The lowest BCUT2D eigenvalue weighted by molar-refractivity contribution is -0.116. The number of Topliss-reactive ketones (excluding diaryl/α,β-unsaturated/α-hetero) is 1. The van der Waals surface area contributed by atoms with Crippen LogP contribution in [0.4, 0.5) is 0 Å². The van der Waals surface area contributed by atoms with Crippen molar-refractivity contribution in [2.75, 3.05) is 5.75 Å². The first-order valence-corrected chi connectivity index (χ1v) is 10.9. The van der Waals surface area contributed by atoms with Gasteiger partial charge in [0.15, 0.2) is 0 Å². The van der Waals surface area contributed by atoms with Crippen LogP contribution in [0.15, 0.2) is 52.9 Å². The molecule has 0 aliphatic carbocycles. The smallest absolute Gasteiger partial charge is 0.228 e. The Morgan fingerprint density at radius 3 is 2.61 bits per heavy atom. The van der Waals surface area contributed by atoms with Crippen molar-refractivity contribution in [1.29, 1.82) is 0 Å². The van der Waals surface area contributed by atoms with Gasteiger partial charge in [-0.1, -0.05) is 53.6 Å². The molecule has 0 N–H and O–H groups in total. The highest BCUT2D eigenvalue weighted by Crippen LogP contribution is 2.29. The molecule has 0 saturated carbocycles. The van der Waals surface area contributed by atoms with Crippen LogP contribution >= 0.6 is 23.4 Å². The van der Waals surface area contributed by atoms with Gasteiger partial charge in [0.2, 0.25) is 5.89 Å². The first kappa shape index (κ1) is 20.7. The zero-order valence-electron chi connectivity index (χ0n) is 16.2. The van der Waals surface area contributed by atoms with Gasteiger partial charge in [-0.05, 0) is 44.4 Å². The number of oxazole rings is 1. The molecule has 5 heteroatoms. The van der Waals surface area contributed by atoms with E-state index in [4.69, 9.17) is 16.0 Å². The summed E-state index contributed by atoms with van der Waals surface area (Å²) in [4.78, 5) is 16.7. The molecule has 0 unspecified atom stereocenters. The van der Waals surface area contributed by atoms with Crippen LogP contribution in [0.3, 0.4) is 0 Å². The quantitative estimate of drug-likeness (QED) is 0.405. The fourth-order valence-corrected chi connectivity index (χ4v) is 4.04. The number of ketones is 1. The number of halogens is 1. The molecule has 1 heterocycles. The molecule has 3 nitrogen and oxygen atoms in total. The van der Waals surface area contributed by atoms with Gasteiger partial charge in [-0.2, -0.15) is 0 Å². The van der Waals surface area contributed by atoms with Crippen LogP contribution in [0.2, 0.25) is 5.02 Å². The fourth-order valence-electron chi connectivity index (χ4n) is 2.89. The molecule has 2 aromatic carbocycles. The van der Waals surface area contributed by atoms with E-state index in [-0.39, 0.29) is 5.78 Å². The highest BCUT2D eigenvalue weighted by molar-refractivity contribution is 7.99. The average Bonchev–Trinajstić information content (AvgIpc) is 3.04. The van der Waals surface area contributed by atoms with Crippen LogP contribution in [0.25, 0.3) is 11.5 Å². The Hall–Kier alpha value is -2.04. The van der Waals surface area contributed by atoms with E-state index in [0.717, 1.165) is 29.9 Å². The highest BCUT2D eigenvalue weighted by Gasteiger charge is 2.14. The van der Waals surface area contributed by atoms with Crippen molar-refractivity contribution in [1.82, 2.24) is 4.98 Å². The SMILES string of the molecule is Cc1ccc(CCCC(=O)CSCc2nc(-c3ccccc3Cl)oc2C)cc1. The third-order valence-corrected chi connectivity index (χ3v) is 5.87. The number of thioether (sulfide) groups is 1. The van der Waals surface area contributed by atoms with Gasteiger partial charge in [-0.3, -0.25) is 4.79 Å². The summed E-state index contributed by atoms with van der Waals surface area (Å²) in [5.74, 6) is 2.74. The molecular weight excluding hydrogens is 390 g/mol. The Morgan fingerprint density at radius 1 is 1.11 bits per heavy atom. The minimum absolute atomic E-state index is 0.282. The largest absolute Gasteiger partial charge is 0.441 e. The summed E-state index contributed by atoms with van der Waals surface area (Å²) >= 11 is 7.80. The lowest BCUT2D eigenvalue weighted by Gasteiger charge is -2.03. The van der Waals surface area contributed by atoms with Crippen molar-refractivity contribution in [2.45, 2.75) is 38.9 Å². The van der Waals surface area contributed by atoms with Gasteiger partial charge < -0.3 is 4.42 Å². The number of nitrogens with zero attached hydrogens (tertiary/aromatic N) is 1. The number of aryl methyl sites for hydroxylation is 3. The second-order valence-electron chi connectivity index (χ2n) is 6.87. The minimum atomic E-state index is 0.282. The molecule has 0 radical (unpaired) electrons. The molecular formula is C23H24ClNO2S. The number of carbonyl (C=O) groups is 1. The van der Waals surface area contributed by atoms with E-state index < -0.39 is 0 Å². The molecule has 0 saturated heterocycles. The Morgan fingerprint density at radius 2 is 1.86 bits per heavy atom. The molecule has 146 valence electrons. The van der Waals surface area contributed by atoms with E-state index >= 15 is 0 Å². The van der Waals surface area contributed by atoms with Crippen LogP contribution < -0.4 is 0 Å². The lowest BCUT2D eigenvalue weighted by atomic mass is 10.1. The third kappa shape index (κ3) is 5.73. The number of hydrogen-bond acceptors (Lipinski definition) is 4. The van der Waals surface area contributed by atoms with E-state index in [2.05, 4.69) is 36.2 Å². The first-order valence-electron chi connectivity index (χ1n) is 9.39. The van der Waals surface area contributed by atoms with Gasteiger partial charge in [0.1, 0.15) is 11.5 Å². The van der Waals surface area contributed by atoms with E-state index in [1.165, 1.54) is 11.1 Å². The van der Waals surface area contributed by atoms with Gasteiger partial charge in [-0.25, -0.2) is 4.98 Å².